The summed E-state index contributed by atoms with van der Waals surface area (Å²) in [5.41, 5.74) is 0.698. The number of aromatic nitrogens is 3. The highest BCUT2D eigenvalue weighted by molar-refractivity contribution is 9.11. The van der Waals surface area contributed by atoms with E-state index in [2.05, 4.69) is 53.6 Å². The van der Waals surface area contributed by atoms with Gasteiger partial charge in [0, 0.05) is 6.42 Å². The average Bonchev–Trinajstić information content (AvgIpc) is 3.01. The second kappa shape index (κ2) is 9.94. The van der Waals surface area contributed by atoms with E-state index in [9.17, 15) is 9.90 Å². The first-order valence-corrected chi connectivity index (χ1v) is 10.1. The highest BCUT2D eigenvalue weighted by atomic mass is 79.9. The molecule has 2 aromatic rings. The van der Waals surface area contributed by atoms with Crippen LogP contribution in [0, 0.1) is 0 Å². The summed E-state index contributed by atoms with van der Waals surface area (Å²) in [7, 11) is 0. The zero-order chi connectivity index (χ0) is 19.1. The van der Waals surface area contributed by atoms with Gasteiger partial charge in [-0.2, -0.15) is 0 Å². The molecule has 0 amide bonds. The van der Waals surface area contributed by atoms with Crippen LogP contribution < -0.4 is 4.74 Å². The molecule has 0 aliphatic rings. The van der Waals surface area contributed by atoms with Crippen LogP contribution in [0.25, 0.3) is 6.08 Å². The monoisotopic (exact) mass is 501 g/mol. The van der Waals surface area contributed by atoms with Crippen LogP contribution in [0.15, 0.2) is 43.8 Å². The number of benzene rings is 1. The van der Waals surface area contributed by atoms with Gasteiger partial charge in [0.2, 0.25) is 5.16 Å². The van der Waals surface area contributed by atoms with Crippen molar-refractivity contribution in [3.8, 4) is 5.75 Å². The minimum Gasteiger partial charge on any atom is -0.487 e. The lowest BCUT2D eigenvalue weighted by molar-refractivity contribution is -0.131. The maximum Gasteiger partial charge on any atom is 0.342 e. The van der Waals surface area contributed by atoms with Crippen LogP contribution in [0.3, 0.4) is 0 Å². The molecular formula is C17H17Br2N3O3S. The third-order valence-corrected chi connectivity index (χ3v) is 5.13. The number of nitrogens with one attached hydrogen (secondary N) is 1. The van der Waals surface area contributed by atoms with Crippen LogP contribution >= 0.6 is 43.6 Å². The van der Waals surface area contributed by atoms with E-state index in [-0.39, 0.29) is 4.91 Å². The van der Waals surface area contributed by atoms with E-state index < -0.39 is 5.97 Å². The van der Waals surface area contributed by atoms with Gasteiger partial charge in [-0.3, -0.25) is 5.10 Å². The molecule has 0 fully saturated rings. The summed E-state index contributed by atoms with van der Waals surface area (Å²) in [5.74, 6) is 0.328. The van der Waals surface area contributed by atoms with E-state index in [0.29, 0.717) is 32.0 Å². The third-order valence-electron chi connectivity index (χ3n) is 3.07. The molecule has 0 unspecified atom stereocenters. The molecule has 0 saturated carbocycles. The minimum absolute atomic E-state index is 0.116. The van der Waals surface area contributed by atoms with E-state index in [1.165, 1.54) is 0 Å². The smallest absolute Gasteiger partial charge is 0.342 e. The molecular weight excluding hydrogens is 486 g/mol. The fourth-order valence-electron chi connectivity index (χ4n) is 2.00. The number of nitrogens with zero attached hydrogens (tertiary/aromatic N) is 2. The Hall–Kier alpha value is -1.58. The van der Waals surface area contributed by atoms with Gasteiger partial charge >= 0.3 is 5.97 Å². The maximum absolute atomic E-state index is 11.6. The zero-order valence-electron chi connectivity index (χ0n) is 14.0. The van der Waals surface area contributed by atoms with Crippen molar-refractivity contribution in [3.63, 3.8) is 0 Å². The molecule has 138 valence electrons. The van der Waals surface area contributed by atoms with Crippen molar-refractivity contribution in [1.29, 1.82) is 0 Å². The zero-order valence-corrected chi connectivity index (χ0v) is 17.9. The van der Waals surface area contributed by atoms with E-state index in [4.69, 9.17) is 4.74 Å². The summed E-state index contributed by atoms with van der Waals surface area (Å²) in [4.78, 5) is 16.0. The summed E-state index contributed by atoms with van der Waals surface area (Å²) >= 11 is 7.88. The summed E-state index contributed by atoms with van der Waals surface area (Å²) in [5, 5.41) is 16.8. The number of carbonyl (C=O) groups is 1. The van der Waals surface area contributed by atoms with Gasteiger partial charge in [-0.25, -0.2) is 9.78 Å². The molecule has 0 spiro atoms. The van der Waals surface area contributed by atoms with Crippen molar-refractivity contribution >= 4 is 55.7 Å². The third kappa shape index (κ3) is 5.72. The Kier molecular flexibility index (Phi) is 7.92. The quantitative estimate of drug-likeness (QED) is 0.283. The predicted molar refractivity (Wildman–Crippen MR) is 109 cm³/mol. The number of aryl methyl sites for hydroxylation is 1. The van der Waals surface area contributed by atoms with Gasteiger partial charge in [-0.15, -0.1) is 5.10 Å². The number of carboxylic acid groups (broad SMARTS) is 1. The molecule has 9 heteroatoms. The number of ether oxygens (including phenoxy) is 1. The number of rotatable bonds is 9. The van der Waals surface area contributed by atoms with Crippen molar-refractivity contribution in [1.82, 2.24) is 15.2 Å². The Morgan fingerprint density at radius 2 is 2.12 bits per heavy atom. The average molecular weight is 503 g/mol. The normalized spacial score (nSPS) is 11.4. The molecule has 1 heterocycles. The second-order valence-corrected chi connectivity index (χ2v) is 7.86. The Bertz CT molecular complexity index is 813. The first-order valence-electron chi connectivity index (χ1n) is 7.71. The van der Waals surface area contributed by atoms with Gasteiger partial charge < -0.3 is 9.84 Å². The fraction of sp³-hybridized carbons (Fsp3) is 0.235. The number of aromatic amines is 1. The first kappa shape index (κ1) is 20.7. The molecule has 0 aliphatic heterocycles. The number of carboxylic acids is 1. The molecule has 0 bridgehead atoms. The Balaban J connectivity index is 2.27. The van der Waals surface area contributed by atoms with Crippen LogP contribution in [0.4, 0.5) is 0 Å². The Labute approximate surface area is 172 Å². The lowest BCUT2D eigenvalue weighted by Gasteiger charge is -2.10. The molecule has 0 saturated heterocycles. The highest BCUT2D eigenvalue weighted by Gasteiger charge is 2.15. The van der Waals surface area contributed by atoms with Crippen LogP contribution in [-0.4, -0.2) is 32.9 Å². The molecule has 0 radical (unpaired) electrons. The molecule has 2 rings (SSSR count). The molecule has 1 aromatic heterocycles. The molecule has 0 aliphatic carbocycles. The van der Waals surface area contributed by atoms with E-state index in [0.717, 1.165) is 30.4 Å². The van der Waals surface area contributed by atoms with E-state index in [1.807, 2.05) is 6.92 Å². The lowest BCUT2D eigenvalue weighted by Crippen LogP contribution is -1.98. The van der Waals surface area contributed by atoms with E-state index >= 15 is 0 Å². The van der Waals surface area contributed by atoms with Gasteiger partial charge in [0.15, 0.2) is 0 Å². The Morgan fingerprint density at radius 1 is 1.42 bits per heavy atom. The highest BCUT2D eigenvalue weighted by Crippen LogP contribution is 2.36. The number of thioether (sulfide) groups is 1. The molecule has 2 N–H and O–H groups in total. The summed E-state index contributed by atoms with van der Waals surface area (Å²) in [6, 6.07) is 3.57. The van der Waals surface area contributed by atoms with Gasteiger partial charge in [0.25, 0.3) is 0 Å². The molecule has 1 aromatic carbocycles. The van der Waals surface area contributed by atoms with Crippen LogP contribution in [0.5, 0.6) is 5.75 Å². The van der Waals surface area contributed by atoms with Gasteiger partial charge in [0.05, 0.1) is 8.95 Å². The summed E-state index contributed by atoms with van der Waals surface area (Å²) in [6.45, 7) is 6.02. The van der Waals surface area contributed by atoms with Gasteiger partial charge in [-0.1, -0.05) is 19.6 Å². The standard InChI is InChI=1S/C17H17Br2N3O3S/c1-3-5-14-20-17(22-21-14)26-13(16(23)24)9-10-7-11(18)15(12(19)8-10)25-6-4-2/h4,7-9H,2-3,5-6H2,1H3,(H,23,24)(H,20,21,22)/b13-9-. The molecule has 6 nitrogen and oxygen atoms in total. The fourth-order valence-corrected chi connectivity index (χ4v) is 4.18. The number of hydrogen-bond donors (Lipinski definition) is 2. The molecule has 0 atom stereocenters. The van der Waals surface area contributed by atoms with Crippen molar-refractivity contribution in [3.05, 3.63) is 50.0 Å². The number of hydrogen-bond acceptors (Lipinski definition) is 5. The van der Waals surface area contributed by atoms with Crippen LogP contribution in [-0.2, 0) is 11.2 Å². The SMILES string of the molecule is C=CCOc1c(Br)cc(/C=C(\Sc2n[nH]c(CCC)n2)C(=O)O)cc1Br. The predicted octanol–water partition coefficient (Wildman–Crippen LogP) is 5.06. The summed E-state index contributed by atoms with van der Waals surface area (Å²) < 4.78 is 6.98. The number of aliphatic carboxylic acids is 1. The largest absolute Gasteiger partial charge is 0.487 e. The van der Waals surface area contributed by atoms with Gasteiger partial charge in [-0.05, 0) is 73.8 Å². The topological polar surface area (TPSA) is 88.1 Å². The van der Waals surface area contributed by atoms with Crippen LogP contribution in [0.2, 0.25) is 0 Å². The summed E-state index contributed by atoms with van der Waals surface area (Å²) in [6.07, 6.45) is 4.92. The van der Waals surface area contributed by atoms with Crippen LogP contribution in [0.1, 0.15) is 24.7 Å². The molecule has 26 heavy (non-hydrogen) atoms. The van der Waals surface area contributed by atoms with Crippen molar-refractivity contribution < 1.29 is 14.6 Å². The lowest BCUT2D eigenvalue weighted by atomic mass is 10.2. The van der Waals surface area contributed by atoms with Crippen molar-refractivity contribution in [2.24, 2.45) is 0 Å². The maximum atomic E-state index is 11.6. The van der Waals surface area contributed by atoms with Crippen molar-refractivity contribution in [2.75, 3.05) is 6.61 Å². The number of H-pyrrole nitrogens is 1. The van der Waals surface area contributed by atoms with Crippen molar-refractivity contribution in [2.45, 2.75) is 24.9 Å². The minimum atomic E-state index is -1.05. The van der Waals surface area contributed by atoms with E-state index in [1.54, 1.807) is 24.3 Å². The second-order valence-electron chi connectivity index (χ2n) is 5.14. The Morgan fingerprint density at radius 3 is 2.69 bits per heavy atom. The number of halogens is 2. The van der Waals surface area contributed by atoms with Gasteiger partial charge in [0.1, 0.15) is 23.1 Å². The first-order chi connectivity index (χ1) is 12.4.